The minimum Gasteiger partial charge on any atom is -0.399 e. The fourth-order valence-corrected chi connectivity index (χ4v) is 2.59. The zero-order valence-electron chi connectivity index (χ0n) is 10.1. The molecule has 0 spiro atoms. The van der Waals surface area contributed by atoms with Gasteiger partial charge in [0.2, 0.25) is 0 Å². The molecule has 96 valence electrons. The summed E-state index contributed by atoms with van der Waals surface area (Å²) in [5.74, 6) is 0. The molecule has 0 fully saturated rings. The molecule has 19 heavy (non-hydrogen) atoms. The molecular weight excluding hydrogens is 279 g/mol. The molecule has 4 heteroatoms. The first-order chi connectivity index (χ1) is 9.15. The van der Waals surface area contributed by atoms with Crippen LogP contribution in [0.3, 0.4) is 0 Å². The summed E-state index contributed by atoms with van der Waals surface area (Å²) >= 11 is 12.3. The lowest BCUT2D eigenvalue weighted by Crippen LogP contribution is -1.98. The molecule has 0 saturated carbocycles. The molecule has 3 aromatic rings. The molecule has 3 rings (SSSR count). The van der Waals surface area contributed by atoms with Crippen LogP contribution >= 0.6 is 23.2 Å². The van der Waals surface area contributed by atoms with E-state index in [2.05, 4.69) is 4.57 Å². The molecule has 0 radical (unpaired) electrons. The molecule has 2 N–H and O–H groups in total. The third kappa shape index (κ3) is 2.29. The van der Waals surface area contributed by atoms with Gasteiger partial charge in [-0.05, 0) is 35.9 Å². The summed E-state index contributed by atoms with van der Waals surface area (Å²) in [6.07, 6.45) is 2.03. The first-order valence-corrected chi connectivity index (χ1v) is 6.68. The van der Waals surface area contributed by atoms with Gasteiger partial charge in [0.1, 0.15) is 0 Å². The molecule has 0 aliphatic rings. The van der Waals surface area contributed by atoms with E-state index >= 15 is 0 Å². The molecule has 1 heterocycles. The van der Waals surface area contributed by atoms with Gasteiger partial charge in [-0.25, -0.2) is 0 Å². The van der Waals surface area contributed by atoms with Gasteiger partial charge < -0.3 is 10.3 Å². The molecule has 0 amide bonds. The number of nitrogens with zero attached hydrogens (tertiary/aromatic N) is 1. The van der Waals surface area contributed by atoms with Crippen LogP contribution in [-0.2, 0) is 6.54 Å². The number of anilines is 1. The second kappa shape index (κ2) is 4.80. The Morgan fingerprint density at radius 1 is 1.05 bits per heavy atom. The van der Waals surface area contributed by atoms with E-state index in [9.17, 15) is 0 Å². The van der Waals surface area contributed by atoms with Gasteiger partial charge in [0.25, 0.3) is 0 Å². The van der Waals surface area contributed by atoms with E-state index in [0.29, 0.717) is 16.6 Å². The minimum atomic E-state index is 0.583. The number of hydrogen-bond donors (Lipinski definition) is 1. The summed E-state index contributed by atoms with van der Waals surface area (Å²) in [5, 5.41) is 2.32. The topological polar surface area (TPSA) is 30.9 Å². The van der Waals surface area contributed by atoms with E-state index in [0.717, 1.165) is 22.2 Å². The largest absolute Gasteiger partial charge is 0.399 e. The Balaban J connectivity index is 2.04. The predicted octanol–water partition coefficient (Wildman–Crippen LogP) is 4.58. The predicted molar refractivity (Wildman–Crippen MR) is 81.9 cm³/mol. The van der Waals surface area contributed by atoms with Gasteiger partial charge in [-0.2, -0.15) is 0 Å². The zero-order valence-corrected chi connectivity index (χ0v) is 11.6. The minimum absolute atomic E-state index is 0.583. The Labute approximate surface area is 121 Å². The number of aromatic nitrogens is 1. The van der Waals surface area contributed by atoms with Crippen LogP contribution in [0, 0.1) is 0 Å². The van der Waals surface area contributed by atoms with Crippen LogP contribution < -0.4 is 5.73 Å². The maximum atomic E-state index is 6.22. The van der Waals surface area contributed by atoms with Crippen LogP contribution in [0.5, 0.6) is 0 Å². The van der Waals surface area contributed by atoms with E-state index in [4.69, 9.17) is 28.9 Å². The van der Waals surface area contributed by atoms with Gasteiger partial charge >= 0.3 is 0 Å². The Morgan fingerprint density at radius 2 is 1.89 bits per heavy atom. The maximum Gasteiger partial charge on any atom is 0.0642 e. The van der Waals surface area contributed by atoms with Gasteiger partial charge in [0.05, 0.1) is 10.0 Å². The molecule has 1 aromatic heterocycles. The summed E-state index contributed by atoms with van der Waals surface area (Å²) in [6, 6.07) is 13.6. The second-order valence-corrected chi connectivity index (χ2v) is 5.26. The highest BCUT2D eigenvalue weighted by atomic mass is 35.5. The first kappa shape index (κ1) is 12.4. The van der Waals surface area contributed by atoms with Crippen molar-refractivity contribution in [3.63, 3.8) is 0 Å². The number of nitrogen functional groups attached to an aromatic ring is 1. The summed E-state index contributed by atoms with van der Waals surface area (Å²) < 4.78 is 2.13. The lowest BCUT2D eigenvalue weighted by molar-refractivity contribution is 0.837. The summed E-state index contributed by atoms with van der Waals surface area (Å²) in [6.45, 7) is 0.687. The third-order valence-electron chi connectivity index (χ3n) is 3.17. The molecule has 0 unspecified atom stereocenters. The van der Waals surface area contributed by atoms with Crippen LogP contribution in [0.15, 0.2) is 48.7 Å². The summed E-state index contributed by atoms with van der Waals surface area (Å²) in [4.78, 5) is 0. The highest BCUT2D eigenvalue weighted by Crippen LogP contribution is 2.27. The quantitative estimate of drug-likeness (QED) is 0.688. The molecule has 0 bridgehead atoms. The first-order valence-electron chi connectivity index (χ1n) is 5.92. The smallest absolute Gasteiger partial charge is 0.0642 e. The van der Waals surface area contributed by atoms with Crippen molar-refractivity contribution in [1.29, 1.82) is 0 Å². The number of benzene rings is 2. The molecule has 0 aliphatic heterocycles. The van der Waals surface area contributed by atoms with Gasteiger partial charge in [-0.3, -0.25) is 0 Å². The Morgan fingerprint density at radius 3 is 2.74 bits per heavy atom. The van der Waals surface area contributed by atoms with Crippen molar-refractivity contribution >= 4 is 39.8 Å². The molecule has 2 aromatic carbocycles. The Bertz CT molecular complexity index is 747. The number of fused-ring (bicyclic) bond motifs is 1. The fraction of sp³-hybridized carbons (Fsp3) is 0.0667. The van der Waals surface area contributed by atoms with Crippen molar-refractivity contribution in [3.8, 4) is 0 Å². The van der Waals surface area contributed by atoms with Crippen molar-refractivity contribution < 1.29 is 0 Å². The Kier molecular flexibility index (Phi) is 3.13. The van der Waals surface area contributed by atoms with Crippen molar-refractivity contribution in [2.24, 2.45) is 0 Å². The number of rotatable bonds is 2. The maximum absolute atomic E-state index is 6.22. The summed E-state index contributed by atoms with van der Waals surface area (Å²) in [5.41, 5.74) is 8.68. The lowest BCUT2D eigenvalue weighted by atomic mass is 10.2. The molecule has 0 aliphatic carbocycles. The fourth-order valence-electron chi connectivity index (χ4n) is 2.21. The average molecular weight is 291 g/mol. The van der Waals surface area contributed by atoms with Gasteiger partial charge in [-0.15, -0.1) is 0 Å². The molecule has 0 atom stereocenters. The summed E-state index contributed by atoms with van der Waals surface area (Å²) in [7, 11) is 0. The van der Waals surface area contributed by atoms with Crippen molar-refractivity contribution in [2.45, 2.75) is 6.54 Å². The number of hydrogen-bond acceptors (Lipinski definition) is 1. The second-order valence-electron chi connectivity index (χ2n) is 4.47. The van der Waals surface area contributed by atoms with Gasteiger partial charge in [0.15, 0.2) is 0 Å². The van der Waals surface area contributed by atoms with Crippen molar-refractivity contribution in [1.82, 2.24) is 4.57 Å². The monoisotopic (exact) mass is 290 g/mol. The van der Waals surface area contributed by atoms with Gasteiger partial charge in [-0.1, -0.05) is 35.3 Å². The van der Waals surface area contributed by atoms with Crippen molar-refractivity contribution in [3.05, 3.63) is 64.3 Å². The molecule has 2 nitrogen and oxygen atoms in total. The van der Waals surface area contributed by atoms with E-state index in [1.54, 1.807) is 6.07 Å². The van der Waals surface area contributed by atoms with Crippen LogP contribution in [-0.4, -0.2) is 4.57 Å². The highest BCUT2D eigenvalue weighted by Gasteiger charge is 2.07. The highest BCUT2D eigenvalue weighted by molar-refractivity contribution is 6.42. The third-order valence-corrected chi connectivity index (χ3v) is 4.03. The zero-order chi connectivity index (χ0) is 13.4. The van der Waals surface area contributed by atoms with Gasteiger partial charge in [0, 0.05) is 29.3 Å². The average Bonchev–Trinajstić information content (AvgIpc) is 2.77. The number of nitrogens with two attached hydrogens (primary N) is 1. The van der Waals surface area contributed by atoms with Crippen LogP contribution in [0.4, 0.5) is 5.69 Å². The molecular formula is C15H12Cl2N2. The Hall–Kier alpha value is -1.64. The van der Waals surface area contributed by atoms with Crippen LogP contribution in [0.2, 0.25) is 10.0 Å². The van der Waals surface area contributed by atoms with Crippen molar-refractivity contribution in [2.75, 3.05) is 5.73 Å². The van der Waals surface area contributed by atoms with Crippen LogP contribution in [0.25, 0.3) is 10.9 Å². The normalized spacial score (nSPS) is 11.1. The molecule has 0 saturated heterocycles. The number of halogens is 2. The van der Waals surface area contributed by atoms with E-state index in [1.165, 1.54) is 0 Å². The lowest BCUT2D eigenvalue weighted by Gasteiger charge is -2.08. The van der Waals surface area contributed by atoms with E-state index in [1.807, 2.05) is 42.6 Å². The SMILES string of the molecule is Nc1ccc2c(ccn2Cc2cccc(Cl)c2Cl)c1. The van der Waals surface area contributed by atoms with Crippen LogP contribution in [0.1, 0.15) is 5.56 Å². The van der Waals surface area contributed by atoms with E-state index in [-0.39, 0.29) is 0 Å². The van der Waals surface area contributed by atoms with E-state index < -0.39 is 0 Å². The standard InChI is InChI=1S/C15H12Cl2N2/c16-13-3-1-2-11(15(13)17)9-19-7-6-10-8-12(18)4-5-14(10)19/h1-8H,9,18H2.